The minimum Gasteiger partial charge on any atom is -0.494 e. The minimum absolute atomic E-state index is 0.243. The summed E-state index contributed by atoms with van der Waals surface area (Å²) in [6, 6.07) is 9.09. The van der Waals surface area contributed by atoms with Crippen LogP contribution in [0, 0.1) is 6.92 Å². The molecule has 0 saturated carbocycles. The summed E-state index contributed by atoms with van der Waals surface area (Å²) in [6.07, 6.45) is 4.49. The number of nitrogens with two attached hydrogens (primary N) is 1. The van der Waals surface area contributed by atoms with E-state index in [1.807, 2.05) is 53.2 Å². The second-order valence-electron chi connectivity index (χ2n) is 9.90. The Hall–Kier alpha value is -4.35. The van der Waals surface area contributed by atoms with E-state index in [0.717, 1.165) is 35.4 Å². The predicted octanol–water partition coefficient (Wildman–Crippen LogP) is 4.02. The number of carbonyl (C=O) groups is 1. The summed E-state index contributed by atoms with van der Waals surface area (Å²) in [5, 5.41) is 2.61. The third-order valence-corrected chi connectivity index (χ3v) is 6.91. The van der Waals surface area contributed by atoms with Crippen molar-refractivity contribution < 1.29 is 9.53 Å². The van der Waals surface area contributed by atoms with Crippen LogP contribution < -0.4 is 26.4 Å². The van der Waals surface area contributed by atoms with Crippen molar-refractivity contribution in [3.05, 3.63) is 64.2 Å². The first-order valence-electron chi connectivity index (χ1n) is 13.1. The van der Waals surface area contributed by atoms with Gasteiger partial charge in [0.15, 0.2) is 0 Å². The Kier molecular flexibility index (Phi) is 8.99. The Morgan fingerprint density at radius 2 is 1.93 bits per heavy atom. The Morgan fingerprint density at radius 3 is 2.59 bits per heavy atom. The molecule has 0 bridgehead atoms. The van der Waals surface area contributed by atoms with Gasteiger partial charge in [-0.15, -0.1) is 0 Å². The molecule has 2 heterocycles. The molecule has 2 aromatic carbocycles. The highest BCUT2D eigenvalue weighted by Crippen LogP contribution is 2.36. The van der Waals surface area contributed by atoms with Crippen LogP contribution >= 0.6 is 11.6 Å². The normalized spacial score (nSPS) is 11.5. The van der Waals surface area contributed by atoms with Gasteiger partial charge < -0.3 is 25.6 Å². The Morgan fingerprint density at radius 1 is 1.17 bits per heavy atom. The highest BCUT2D eigenvalue weighted by atomic mass is 35.5. The van der Waals surface area contributed by atoms with Gasteiger partial charge in [-0.2, -0.15) is 4.98 Å². The van der Waals surface area contributed by atoms with Crippen LogP contribution in [0.5, 0.6) is 5.75 Å². The fourth-order valence-electron chi connectivity index (χ4n) is 4.59. The van der Waals surface area contributed by atoms with Gasteiger partial charge in [0.2, 0.25) is 11.2 Å². The first kappa shape index (κ1) is 29.6. The molecule has 216 valence electrons. The van der Waals surface area contributed by atoms with Crippen molar-refractivity contribution in [3.8, 4) is 11.6 Å². The van der Waals surface area contributed by atoms with Crippen LogP contribution in [-0.2, 0) is 11.3 Å². The van der Waals surface area contributed by atoms with Crippen LogP contribution in [0.15, 0.2) is 47.4 Å². The number of halogens is 1. The van der Waals surface area contributed by atoms with Gasteiger partial charge in [0.25, 0.3) is 0 Å². The summed E-state index contributed by atoms with van der Waals surface area (Å²) in [6.45, 7) is 5.95. The lowest BCUT2D eigenvalue weighted by Gasteiger charge is -2.24. The van der Waals surface area contributed by atoms with E-state index in [0.29, 0.717) is 35.0 Å². The molecule has 12 heteroatoms. The zero-order valence-corrected chi connectivity index (χ0v) is 24.9. The van der Waals surface area contributed by atoms with Gasteiger partial charge in [0.1, 0.15) is 11.6 Å². The van der Waals surface area contributed by atoms with E-state index in [4.69, 9.17) is 22.1 Å². The maximum atomic E-state index is 13.5. The number of allylic oxidation sites excluding steroid dienone is 1. The summed E-state index contributed by atoms with van der Waals surface area (Å²) < 4.78 is 8.85. The van der Waals surface area contributed by atoms with Crippen molar-refractivity contribution in [2.75, 3.05) is 57.3 Å². The summed E-state index contributed by atoms with van der Waals surface area (Å²) >= 11 is 5.51. The number of aromatic nitrogens is 4. The molecule has 0 unspecified atom stereocenters. The third-order valence-electron chi connectivity index (χ3n) is 6.79. The zero-order chi connectivity index (χ0) is 29.8. The van der Waals surface area contributed by atoms with Gasteiger partial charge in [0.05, 0.1) is 35.2 Å². The standard InChI is InChI=1S/C29H35ClN8O3/c1-7-37-23-14-18(2)19(8-9-26(30)39)15-24(23)38(29(37)40)27-10-11-32-28(34-27)33-21-16-20(31)22(17-25(21)41-6)36(5)13-12-35(3)4/h8-11,14-17H,7,12-13,31H2,1-6H3,(H,32,33,34). The van der Waals surface area contributed by atoms with Crippen molar-refractivity contribution in [2.45, 2.75) is 20.4 Å². The van der Waals surface area contributed by atoms with Crippen LogP contribution in [0.25, 0.3) is 22.9 Å². The lowest BCUT2D eigenvalue weighted by atomic mass is 10.1. The topological polar surface area (TPSA) is 124 Å². The molecule has 0 aliphatic rings. The van der Waals surface area contributed by atoms with Crippen LogP contribution in [-0.4, -0.2) is 70.6 Å². The summed E-state index contributed by atoms with van der Waals surface area (Å²) in [5.74, 6) is 1.21. The number of carbonyl (C=O) groups excluding carboxylic acids is 1. The smallest absolute Gasteiger partial charge is 0.334 e. The molecule has 0 saturated heterocycles. The molecular weight excluding hydrogens is 544 g/mol. The Labute approximate surface area is 243 Å². The van der Waals surface area contributed by atoms with Gasteiger partial charge in [-0.25, -0.2) is 14.3 Å². The fourth-order valence-corrected chi connectivity index (χ4v) is 4.65. The summed E-state index contributed by atoms with van der Waals surface area (Å²) in [5.41, 5.74) is 11.2. The predicted molar refractivity (Wildman–Crippen MR) is 166 cm³/mol. The SMILES string of the molecule is CCn1c(=O)n(-c2ccnc(Nc3cc(N)c(N(C)CCN(C)C)cc3OC)n2)c2cc(C=CC(=O)Cl)c(C)cc21. The molecule has 4 rings (SSSR count). The molecule has 4 aromatic rings. The zero-order valence-electron chi connectivity index (χ0n) is 24.1. The molecule has 0 radical (unpaired) electrons. The van der Waals surface area contributed by atoms with E-state index in [9.17, 15) is 9.59 Å². The average Bonchev–Trinajstić information content (AvgIpc) is 3.20. The Bertz CT molecular complexity index is 1680. The number of likely N-dealkylation sites (N-methyl/N-ethyl adjacent to an activating group) is 2. The second kappa shape index (κ2) is 12.4. The largest absolute Gasteiger partial charge is 0.494 e. The number of imidazole rings is 1. The number of nitrogens with zero attached hydrogens (tertiary/aromatic N) is 6. The number of methoxy groups -OCH3 is 1. The van der Waals surface area contributed by atoms with E-state index in [-0.39, 0.29) is 11.6 Å². The molecule has 0 atom stereocenters. The average molecular weight is 579 g/mol. The van der Waals surface area contributed by atoms with Crippen molar-refractivity contribution >= 4 is 57.0 Å². The van der Waals surface area contributed by atoms with Gasteiger partial charge in [-0.3, -0.25) is 9.36 Å². The van der Waals surface area contributed by atoms with E-state index >= 15 is 0 Å². The first-order chi connectivity index (χ1) is 19.5. The summed E-state index contributed by atoms with van der Waals surface area (Å²) in [7, 11) is 7.61. The van der Waals surface area contributed by atoms with E-state index < -0.39 is 5.24 Å². The number of nitrogen functional groups attached to an aromatic ring is 1. The molecule has 0 aliphatic heterocycles. The van der Waals surface area contributed by atoms with E-state index in [2.05, 4.69) is 25.1 Å². The number of fused-ring (bicyclic) bond motifs is 1. The Balaban J connectivity index is 1.75. The first-order valence-corrected chi connectivity index (χ1v) is 13.5. The van der Waals surface area contributed by atoms with Crippen molar-refractivity contribution in [1.82, 2.24) is 24.0 Å². The van der Waals surface area contributed by atoms with Crippen molar-refractivity contribution in [3.63, 3.8) is 0 Å². The van der Waals surface area contributed by atoms with Crippen molar-refractivity contribution in [2.24, 2.45) is 0 Å². The van der Waals surface area contributed by atoms with E-state index in [1.54, 1.807) is 36.1 Å². The number of rotatable bonds is 11. The quantitative estimate of drug-likeness (QED) is 0.154. The molecular formula is C29H35ClN8O3. The second-order valence-corrected chi connectivity index (χ2v) is 10.3. The van der Waals surface area contributed by atoms with Crippen LogP contribution in [0.1, 0.15) is 18.1 Å². The number of hydrogen-bond acceptors (Lipinski definition) is 9. The van der Waals surface area contributed by atoms with Crippen LogP contribution in [0.3, 0.4) is 0 Å². The van der Waals surface area contributed by atoms with Gasteiger partial charge in [-0.05, 0) is 81.0 Å². The number of aryl methyl sites for hydroxylation is 2. The molecule has 0 spiro atoms. The lowest BCUT2D eigenvalue weighted by molar-refractivity contribution is -0.107. The fraction of sp³-hybridized carbons (Fsp3) is 0.310. The van der Waals surface area contributed by atoms with Crippen LogP contribution in [0.4, 0.5) is 23.0 Å². The molecule has 0 amide bonds. The molecule has 0 aliphatic carbocycles. The van der Waals surface area contributed by atoms with Gasteiger partial charge in [-0.1, -0.05) is 0 Å². The van der Waals surface area contributed by atoms with Crippen LogP contribution in [0.2, 0.25) is 0 Å². The number of ether oxygens (including phenoxy) is 1. The number of anilines is 4. The maximum Gasteiger partial charge on any atom is 0.334 e. The molecule has 3 N–H and O–H groups in total. The molecule has 0 fully saturated rings. The summed E-state index contributed by atoms with van der Waals surface area (Å²) in [4.78, 5) is 38.0. The number of benzene rings is 2. The lowest BCUT2D eigenvalue weighted by Crippen LogP contribution is -2.29. The highest BCUT2D eigenvalue weighted by Gasteiger charge is 2.18. The van der Waals surface area contributed by atoms with Crippen molar-refractivity contribution in [1.29, 1.82) is 0 Å². The molecule has 2 aromatic heterocycles. The highest BCUT2D eigenvalue weighted by molar-refractivity contribution is 6.66. The third kappa shape index (κ3) is 6.36. The van der Waals surface area contributed by atoms with E-state index in [1.165, 1.54) is 10.6 Å². The maximum absolute atomic E-state index is 13.5. The number of nitrogens with one attached hydrogen (secondary N) is 1. The molecule has 11 nitrogen and oxygen atoms in total. The molecule has 41 heavy (non-hydrogen) atoms. The van der Waals surface area contributed by atoms with Gasteiger partial charge >= 0.3 is 5.69 Å². The monoisotopic (exact) mass is 578 g/mol. The number of hydrogen-bond donors (Lipinski definition) is 2. The van der Waals surface area contributed by atoms with Gasteiger partial charge in [0, 0.05) is 45.0 Å². The minimum atomic E-state index is -0.580.